The molecule has 3 rings (SSSR count). The molecule has 0 fully saturated rings. The molecule has 24 heavy (non-hydrogen) atoms. The summed E-state index contributed by atoms with van der Waals surface area (Å²) in [6.07, 6.45) is 3.38. The summed E-state index contributed by atoms with van der Waals surface area (Å²) in [5, 5.41) is 0. The molecule has 0 spiro atoms. The van der Waals surface area contributed by atoms with E-state index in [0.717, 1.165) is 22.4 Å². The van der Waals surface area contributed by atoms with E-state index in [0.29, 0.717) is 12.5 Å². The normalized spacial score (nSPS) is 15.1. The third-order valence-electron chi connectivity index (χ3n) is 3.44. The maximum absolute atomic E-state index is 12.0. The number of carbonyl (C=O) groups is 1. The maximum Gasteiger partial charge on any atom is 0.363 e. The van der Waals surface area contributed by atoms with Crippen molar-refractivity contribution in [3.8, 4) is 5.75 Å². The van der Waals surface area contributed by atoms with Gasteiger partial charge in [-0.3, -0.25) is 0 Å². The minimum atomic E-state index is -0.446. The van der Waals surface area contributed by atoms with Gasteiger partial charge in [0, 0.05) is 5.56 Å². The number of carbonyl (C=O) groups excluding carboxylic acids is 1. The lowest BCUT2D eigenvalue weighted by atomic mass is 10.1. The minimum absolute atomic E-state index is 0.284. The average Bonchev–Trinajstić information content (AvgIpc) is 2.95. The SMILES string of the molecule is C=CCOc1ccc(/C=C2\N=C(c3cccc(C)c3)OC2=O)cc1. The number of aliphatic imine (C=N–C) groups is 1. The second-order valence-electron chi connectivity index (χ2n) is 5.37. The number of hydrogen-bond donors (Lipinski definition) is 0. The third kappa shape index (κ3) is 3.60. The number of ether oxygens (including phenoxy) is 2. The fourth-order valence-corrected chi connectivity index (χ4v) is 2.28. The molecule has 2 aromatic rings. The van der Waals surface area contributed by atoms with Crippen LogP contribution < -0.4 is 4.74 Å². The molecule has 0 saturated heterocycles. The van der Waals surface area contributed by atoms with Crippen LogP contribution in [0.2, 0.25) is 0 Å². The minimum Gasteiger partial charge on any atom is -0.490 e. The van der Waals surface area contributed by atoms with Gasteiger partial charge in [-0.15, -0.1) is 0 Å². The molecule has 1 heterocycles. The quantitative estimate of drug-likeness (QED) is 0.477. The highest BCUT2D eigenvalue weighted by Crippen LogP contribution is 2.21. The van der Waals surface area contributed by atoms with Gasteiger partial charge in [0.1, 0.15) is 12.4 Å². The van der Waals surface area contributed by atoms with E-state index in [1.54, 1.807) is 12.2 Å². The van der Waals surface area contributed by atoms with Crippen molar-refractivity contribution in [2.45, 2.75) is 6.92 Å². The standard InChI is InChI=1S/C20H17NO3/c1-3-11-23-17-9-7-15(8-10-17)13-18-20(22)24-19(21-18)16-6-4-5-14(2)12-16/h3-10,12-13H,1,11H2,2H3/b18-13-. The van der Waals surface area contributed by atoms with Crippen LogP contribution in [-0.4, -0.2) is 18.5 Å². The molecule has 0 amide bonds. The van der Waals surface area contributed by atoms with Gasteiger partial charge in [0.05, 0.1) is 0 Å². The number of aryl methyl sites for hydroxylation is 1. The number of cyclic esters (lactones) is 1. The molecule has 0 aromatic heterocycles. The summed E-state index contributed by atoms with van der Waals surface area (Å²) in [4.78, 5) is 16.3. The smallest absolute Gasteiger partial charge is 0.363 e. The zero-order valence-corrected chi connectivity index (χ0v) is 13.4. The Kier molecular flexibility index (Phi) is 4.57. The Morgan fingerprint density at radius 2 is 2.00 bits per heavy atom. The molecule has 4 nitrogen and oxygen atoms in total. The third-order valence-corrected chi connectivity index (χ3v) is 3.44. The summed E-state index contributed by atoms with van der Waals surface area (Å²) < 4.78 is 10.7. The number of nitrogens with zero attached hydrogens (tertiary/aromatic N) is 1. The number of rotatable bonds is 5. The van der Waals surface area contributed by atoms with E-state index in [2.05, 4.69) is 11.6 Å². The number of benzene rings is 2. The first-order chi connectivity index (χ1) is 11.7. The van der Waals surface area contributed by atoms with Gasteiger partial charge in [0.2, 0.25) is 5.90 Å². The Bertz CT molecular complexity index is 832. The van der Waals surface area contributed by atoms with E-state index in [1.807, 2.05) is 55.5 Å². The average molecular weight is 319 g/mol. The van der Waals surface area contributed by atoms with Crippen molar-refractivity contribution in [2.24, 2.45) is 4.99 Å². The summed E-state index contributed by atoms with van der Waals surface area (Å²) >= 11 is 0. The largest absolute Gasteiger partial charge is 0.490 e. The van der Waals surface area contributed by atoms with Crippen molar-refractivity contribution in [2.75, 3.05) is 6.61 Å². The zero-order valence-electron chi connectivity index (χ0n) is 13.4. The zero-order chi connectivity index (χ0) is 16.9. The Morgan fingerprint density at radius 3 is 2.71 bits per heavy atom. The molecule has 0 radical (unpaired) electrons. The second-order valence-corrected chi connectivity index (χ2v) is 5.37. The predicted octanol–water partition coefficient (Wildman–Crippen LogP) is 3.90. The predicted molar refractivity (Wildman–Crippen MR) is 93.9 cm³/mol. The monoisotopic (exact) mass is 319 g/mol. The van der Waals surface area contributed by atoms with Crippen molar-refractivity contribution < 1.29 is 14.3 Å². The summed E-state index contributed by atoms with van der Waals surface area (Å²) in [6, 6.07) is 15.1. The van der Waals surface area contributed by atoms with Crippen LogP contribution in [0.4, 0.5) is 0 Å². The molecule has 0 bridgehead atoms. The van der Waals surface area contributed by atoms with Crippen molar-refractivity contribution in [3.05, 3.63) is 83.6 Å². The molecule has 4 heteroatoms. The molecule has 0 saturated carbocycles. The topological polar surface area (TPSA) is 47.9 Å². The number of hydrogen-bond acceptors (Lipinski definition) is 4. The van der Waals surface area contributed by atoms with Crippen LogP contribution in [0.25, 0.3) is 6.08 Å². The highest BCUT2D eigenvalue weighted by molar-refractivity contribution is 6.12. The van der Waals surface area contributed by atoms with E-state index >= 15 is 0 Å². The van der Waals surface area contributed by atoms with E-state index < -0.39 is 5.97 Å². The molecule has 0 aliphatic carbocycles. The van der Waals surface area contributed by atoms with Crippen LogP contribution in [-0.2, 0) is 9.53 Å². The van der Waals surface area contributed by atoms with Gasteiger partial charge in [-0.2, -0.15) is 0 Å². The lowest BCUT2D eigenvalue weighted by molar-refractivity contribution is -0.129. The maximum atomic E-state index is 12.0. The molecular weight excluding hydrogens is 302 g/mol. The second kappa shape index (κ2) is 6.96. The van der Waals surface area contributed by atoms with Gasteiger partial charge in [0.25, 0.3) is 0 Å². The highest BCUT2D eigenvalue weighted by atomic mass is 16.6. The van der Waals surface area contributed by atoms with Crippen LogP contribution in [0, 0.1) is 6.92 Å². The summed E-state index contributed by atoms with van der Waals surface area (Å²) in [5.74, 6) is 0.634. The highest BCUT2D eigenvalue weighted by Gasteiger charge is 2.24. The lowest BCUT2D eigenvalue weighted by Gasteiger charge is -2.02. The first-order valence-corrected chi connectivity index (χ1v) is 7.59. The number of esters is 1. The summed E-state index contributed by atoms with van der Waals surface area (Å²) in [6.45, 7) is 6.04. The fourth-order valence-electron chi connectivity index (χ4n) is 2.28. The lowest BCUT2D eigenvalue weighted by Crippen LogP contribution is -2.05. The van der Waals surface area contributed by atoms with Crippen LogP contribution in [0.3, 0.4) is 0 Å². The van der Waals surface area contributed by atoms with Crippen molar-refractivity contribution in [1.82, 2.24) is 0 Å². The molecule has 1 aliphatic heterocycles. The first-order valence-electron chi connectivity index (χ1n) is 7.59. The Hall–Kier alpha value is -3.14. The Morgan fingerprint density at radius 1 is 1.21 bits per heavy atom. The molecular formula is C20H17NO3. The van der Waals surface area contributed by atoms with E-state index in [4.69, 9.17) is 9.47 Å². The van der Waals surface area contributed by atoms with Gasteiger partial charge >= 0.3 is 5.97 Å². The molecule has 0 atom stereocenters. The Balaban J connectivity index is 1.82. The van der Waals surface area contributed by atoms with Crippen LogP contribution in [0.1, 0.15) is 16.7 Å². The van der Waals surface area contributed by atoms with Crippen LogP contribution >= 0.6 is 0 Å². The molecule has 0 N–H and O–H groups in total. The van der Waals surface area contributed by atoms with Gasteiger partial charge in [-0.1, -0.05) is 42.5 Å². The van der Waals surface area contributed by atoms with E-state index in [1.165, 1.54) is 0 Å². The van der Waals surface area contributed by atoms with Gasteiger partial charge < -0.3 is 9.47 Å². The summed E-state index contributed by atoms with van der Waals surface area (Å²) in [5.41, 5.74) is 3.01. The Labute approximate surface area is 140 Å². The molecule has 2 aromatic carbocycles. The van der Waals surface area contributed by atoms with Gasteiger partial charge in [-0.05, 0) is 42.8 Å². The van der Waals surface area contributed by atoms with E-state index in [-0.39, 0.29) is 5.70 Å². The van der Waals surface area contributed by atoms with Gasteiger partial charge in [-0.25, -0.2) is 9.79 Å². The van der Waals surface area contributed by atoms with E-state index in [9.17, 15) is 4.79 Å². The van der Waals surface area contributed by atoms with Crippen LogP contribution in [0.15, 0.2) is 71.9 Å². The fraction of sp³-hybridized carbons (Fsp3) is 0.100. The van der Waals surface area contributed by atoms with Gasteiger partial charge in [0.15, 0.2) is 5.70 Å². The first kappa shape index (κ1) is 15.7. The molecule has 120 valence electrons. The summed E-state index contributed by atoms with van der Waals surface area (Å²) in [7, 11) is 0. The molecule has 1 aliphatic rings. The van der Waals surface area contributed by atoms with Crippen LogP contribution in [0.5, 0.6) is 5.75 Å². The van der Waals surface area contributed by atoms with Crippen molar-refractivity contribution >= 4 is 17.9 Å². The molecule has 0 unspecified atom stereocenters. The van der Waals surface area contributed by atoms with Crippen molar-refractivity contribution in [3.63, 3.8) is 0 Å². The van der Waals surface area contributed by atoms with Crippen molar-refractivity contribution in [1.29, 1.82) is 0 Å².